The van der Waals surface area contributed by atoms with Crippen LogP contribution in [0.4, 0.5) is 11.5 Å². The van der Waals surface area contributed by atoms with Crippen LogP contribution in [0.3, 0.4) is 0 Å². The van der Waals surface area contributed by atoms with Crippen molar-refractivity contribution in [3.8, 4) is 11.1 Å². The highest BCUT2D eigenvalue weighted by atomic mass is 16.2. The van der Waals surface area contributed by atoms with E-state index < -0.39 is 0 Å². The average Bonchev–Trinajstić information content (AvgIpc) is 3.24. The molecule has 36 heavy (non-hydrogen) atoms. The summed E-state index contributed by atoms with van der Waals surface area (Å²) in [5, 5.41) is 8.49. The summed E-state index contributed by atoms with van der Waals surface area (Å²) in [5.41, 5.74) is 3.64. The molecule has 3 heterocycles. The van der Waals surface area contributed by atoms with Crippen molar-refractivity contribution in [2.45, 2.75) is 26.9 Å². The Bertz CT molecular complexity index is 1620. The molecule has 0 aliphatic carbocycles. The van der Waals surface area contributed by atoms with E-state index >= 15 is 0 Å². The summed E-state index contributed by atoms with van der Waals surface area (Å²) in [5.74, 6) is 0.733. The maximum atomic E-state index is 13.3. The topological polar surface area (TPSA) is 86.7 Å². The van der Waals surface area contributed by atoms with E-state index in [9.17, 15) is 9.59 Å². The lowest BCUT2D eigenvalue weighted by Gasteiger charge is -2.11. The number of pyridine rings is 1. The van der Waals surface area contributed by atoms with Crippen LogP contribution < -0.4 is 16.6 Å². The van der Waals surface area contributed by atoms with Gasteiger partial charge in [-0.3, -0.25) is 18.9 Å². The lowest BCUT2D eigenvalue weighted by molar-refractivity contribution is 0.498. The van der Waals surface area contributed by atoms with Crippen molar-refractivity contribution in [1.82, 2.24) is 23.9 Å². The van der Waals surface area contributed by atoms with Crippen LogP contribution >= 0.6 is 0 Å². The number of rotatable bonds is 7. The maximum Gasteiger partial charge on any atom is 0.332 e. The Hall–Kier alpha value is -4.46. The quantitative estimate of drug-likeness (QED) is 0.373. The van der Waals surface area contributed by atoms with Gasteiger partial charge < -0.3 is 5.32 Å². The molecule has 5 aromatic rings. The van der Waals surface area contributed by atoms with Crippen LogP contribution in [-0.4, -0.2) is 23.9 Å². The molecule has 3 aromatic heterocycles. The van der Waals surface area contributed by atoms with Crippen LogP contribution in [0.5, 0.6) is 0 Å². The fourth-order valence-corrected chi connectivity index (χ4v) is 4.31. The molecule has 0 fully saturated rings. The van der Waals surface area contributed by atoms with Crippen molar-refractivity contribution in [2.75, 3.05) is 5.32 Å². The van der Waals surface area contributed by atoms with Gasteiger partial charge in [0, 0.05) is 19.8 Å². The zero-order valence-corrected chi connectivity index (χ0v) is 20.5. The molecule has 0 unspecified atom stereocenters. The first kappa shape index (κ1) is 23.3. The largest absolute Gasteiger partial charge is 0.338 e. The molecule has 0 spiro atoms. The lowest BCUT2D eigenvalue weighted by Crippen LogP contribution is -2.38. The normalized spacial score (nSPS) is 11.3. The van der Waals surface area contributed by atoms with Crippen molar-refractivity contribution in [1.29, 1.82) is 0 Å². The van der Waals surface area contributed by atoms with Crippen molar-refractivity contribution in [2.24, 2.45) is 13.0 Å². The van der Waals surface area contributed by atoms with Crippen LogP contribution in [0.25, 0.3) is 22.2 Å². The summed E-state index contributed by atoms with van der Waals surface area (Å²) in [7, 11) is 1.51. The summed E-state index contributed by atoms with van der Waals surface area (Å²) in [6.45, 7) is 4.94. The summed E-state index contributed by atoms with van der Waals surface area (Å²) in [6.07, 6.45) is 3.38. The third-order valence-electron chi connectivity index (χ3n) is 6.09. The van der Waals surface area contributed by atoms with E-state index in [1.165, 1.54) is 7.05 Å². The van der Waals surface area contributed by atoms with Crippen LogP contribution in [0, 0.1) is 5.92 Å². The minimum atomic E-state index is -0.382. The predicted octanol–water partition coefficient (Wildman–Crippen LogP) is 4.41. The van der Waals surface area contributed by atoms with Gasteiger partial charge in [0.2, 0.25) is 0 Å². The van der Waals surface area contributed by atoms with Crippen molar-refractivity contribution in [3.63, 3.8) is 0 Å². The molecule has 0 aliphatic heterocycles. The van der Waals surface area contributed by atoms with Crippen LogP contribution in [0.1, 0.15) is 19.4 Å². The van der Waals surface area contributed by atoms with Gasteiger partial charge in [-0.05, 0) is 34.7 Å². The summed E-state index contributed by atoms with van der Waals surface area (Å²) < 4.78 is 4.50. The third-order valence-corrected chi connectivity index (χ3v) is 6.09. The van der Waals surface area contributed by atoms with Crippen LogP contribution in [0.2, 0.25) is 0 Å². The third kappa shape index (κ3) is 4.45. The van der Waals surface area contributed by atoms with Crippen LogP contribution in [0.15, 0.2) is 88.7 Å². The molecule has 1 N–H and O–H groups in total. The number of aromatic nitrogens is 5. The van der Waals surface area contributed by atoms with Gasteiger partial charge in [0.15, 0.2) is 5.65 Å². The summed E-state index contributed by atoms with van der Waals surface area (Å²) >= 11 is 0. The highest BCUT2D eigenvalue weighted by molar-refractivity contribution is 5.89. The molecule has 0 bridgehead atoms. The standard InChI is InChI=1S/C28H28N6O2/c1-19(2)17-33-26-24(27(35)32(3)28(33)36)25(30-23-10-7-15-29-16-23)34(31-26)18-20-11-13-22(14-12-20)21-8-5-4-6-9-21/h4-16,19,30H,17-18H2,1-3H3. The van der Waals surface area contributed by atoms with Gasteiger partial charge in [0.05, 0.1) is 18.4 Å². The molecule has 2 aromatic carbocycles. The van der Waals surface area contributed by atoms with E-state index in [0.29, 0.717) is 29.9 Å². The molecule has 182 valence electrons. The van der Waals surface area contributed by atoms with Gasteiger partial charge in [-0.15, -0.1) is 0 Å². The first-order valence-electron chi connectivity index (χ1n) is 11.9. The first-order chi connectivity index (χ1) is 17.4. The minimum Gasteiger partial charge on any atom is -0.338 e. The van der Waals surface area contributed by atoms with E-state index in [2.05, 4.69) is 46.7 Å². The number of hydrogen-bond donors (Lipinski definition) is 1. The Morgan fingerprint density at radius 3 is 2.31 bits per heavy atom. The van der Waals surface area contributed by atoms with Crippen LogP contribution in [-0.2, 0) is 20.1 Å². The average molecular weight is 481 g/mol. The molecule has 0 atom stereocenters. The van der Waals surface area contributed by atoms with E-state index in [0.717, 1.165) is 26.9 Å². The number of benzene rings is 2. The number of nitrogens with zero attached hydrogens (tertiary/aromatic N) is 5. The van der Waals surface area contributed by atoms with Crippen molar-refractivity contribution >= 4 is 22.5 Å². The number of nitrogens with one attached hydrogen (secondary N) is 1. The number of fused-ring (bicyclic) bond motifs is 1. The van der Waals surface area contributed by atoms with E-state index in [1.807, 2.05) is 44.2 Å². The Labute approximate surface area is 208 Å². The zero-order chi connectivity index (χ0) is 25.2. The molecular formula is C28H28N6O2. The molecule has 0 saturated carbocycles. The van der Waals surface area contributed by atoms with E-state index in [-0.39, 0.29) is 17.2 Å². The van der Waals surface area contributed by atoms with Gasteiger partial charge in [-0.25, -0.2) is 9.48 Å². The van der Waals surface area contributed by atoms with Gasteiger partial charge >= 0.3 is 5.69 Å². The molecular weight excluding hydrogens is 452 g/mol. The minimum absolute atomic E-state index is 0.203. The van der Waals surface area contributed by atoms with Crippen molar-refractivity contribution in [3.05, 3.63) is 106 Å². The number of hydrogen-bond acceptors (Lipinski definition) is 5. The van der Waals surface area contributed by atoms with Gasteiger partial charge in [-0.1, -0.05) is 68.4 Å². The monoisotopic (exact) mass is 480 g/mol. The smallest absolute Gasteiger partial charge is 0.332 e. The van der Waals surface area contributed by atoms with Crippen molar-refractivity contribution < 1.29 is 0 Å². The maximum absolute atomic E-state index is 13.3. The zero-order valence-electron chi connectivity index (χ0n) is 20.5. The second-order valence-electron chi connectivity index (χ2n) is 9.29. The Kier molecular flexibility index (Phi) is 6.25. The SMILES string of the molecule is CC(C)Cn1c(=O)n(C)c(=O)c2c(Nc3cccnc3)n(Cc3ccc(-c4ccccc4)cc3)nc21. The van der Waals surface area contributed by atoms with E-state index in [4.69, 9.17) is 5.10 Å². The van der Waals surface area contributed by atoms with Gasteiger partial charge in [0.1, 0.15) is 11.2 Å². The highest BCUT2D eigenvalue weighted by Gasteiger charge is 2.22. The van der Waals surface area contributed by atoms with Gasteiger partial charge in [0.25, 0.3) is 5.56 Å². The van der Waals surface area contributed by atoms with Gasteiger partial charge in [-0.2, -0.15) is 5.10 Å². The number of anilines is 2. The highest BCUT2D eigenvalue weighted by Crippen LogP contribution is 2.26. The van der Waals surface area contributed by atoms with E-state index in [1.54, 1.807) is 21.6 Å². The molecule has 8 nitrogen and oxygen atoms in total. The Balaban J connectivity index is 1.64. The first-order valence-corrected chi connectivity index (χ1v) is 11.9. The molecule has 0 amide bonds. The molecule has 0 saturated heterocycles. The molecule has 8 heteroatoms. The molecule has 0 radical (unpaired) electrons. The summed E-state index contributed by atoms with van der Waals surface area (Å²) in [6, 6.07) is 22.2. The fourth-order valence-electron chi connectivity index (χ4n) is 4.31. The second-order valence-corrected chi connectivity index (χ2v) is 9.29. The second kappa shape index (κ2) is 9.65. The summed E-state index contributed by atoms with van der Waals surface area (Å²) in [4.78, 5) is 30.5. The molecule has 0 aliphatic rings. The molecule has 5 rings (SSSR count). The lowest BCUT2D eigenvalue weighted by atomic mass is 10.0. The Morgan fingerprint density at radius 2 is 1.64 bits per heavy atom. The fraction of sp³-hybridized carbons (Fsp3) is 0.214. The predicted molar refractivity (Wildman–Crippen MR) is 143 cm³/mol. The Morgan fingerprint density at radius 1 is 0.917 bits per heavy atom.